The Morgan fingerprint density at radius 1 is 1.26 bits per heavy atom. The Morgan fingerprint density at radius 2 is 1.93 bits per heavy atom. The molecule has 0 amide bonds. The van der Waals surface area contributed by atoms with E-state index in [0.29, 0.717) is 12.0 Å². The van der Waals surface area contributed by atoms with Crippen molar-refractivity contribution in [2.45, 2.75) is 77.8 Å². The number of hydrogen-bond donors (Lipinski definition) is 2. The van der Waals surface area contributed by atoms with Crippen LogP contribution in [0.4, 0.5) is 0 Å². The van der Waals surface area contributed by atoms with Gasteiger partial charge < -0.3 is 19.7 Å². The van der Waals surface area contributed by atoms with Crippen molar-refractivity contribution < 1.29 is 29.3 Å². The molecule has 6 atom stereocenters. The summed E-state index contributed by atoms with van der Waals surface area (Å²) in [6.07, 6.45) is 3.05. The van der Waals surface area contributed by atoms with Crippen LogP contribution >= 0.6 is 0 Å². The van der Waals surface area contributed by atoms with Gasteiger partial charge in [0.2, 0.25) is 6.29 Å². The van der Waals surface area contributed by atoms with E-state index in [-0.39, 0.29) is 23.5 Å². The van der Waals surface area contributed by atoms with Crippen molar-refractivity contribution in [2.75, 3.05) is 7.11 Å². The van der Waals surface area contributed by atoms with E-state index < -0.39 is 35.3 Å². The largest absolute Gasteiger partial charge is 0.429 e. The molecule has 0 aromatic rings. The number of Topliss-reactive ketones (excluding diaryl/α,β-unsaturated/α-hetero) is 1. The Morgan fingerprint density at radius 3 is 2.52 bits per heavy atom. The van der Waals surface area contributed by atoms with Gasteiger partial charge in [0.15, 0.2) is 5.78 Å². The van der Waals surface area contributed by atoms with Crippen molar-refractivity contribution >= 4 is 11.8 Å². The molecule has 1 aliphatic heterocycles. The summed E-state index contributed by atoms with van der Waals surface area (Å²) in [7, 11) is 1.46. The zero-order valence-electron chi connectivity index (χ0n) is 16.9. The fourth-order valence-corrected chi connectivity index (χ4v) is 6.07. The highest BCUT2D eigenvalue weighted by Gasteiger charge is 2.66. The average Bonchev–Trinajstić information content (AvgIpc) is 2.96. The van der Waals surface area contributed by atoms with Crippen molar-refractivity contribution in [3.05, 3.63) is 11.6 Å². The summed E-state index contributed by atoms with van der Waals surface area (Å²) in [6.45, 7) is 7.85. The van der Waals surface area contributed by atoms with E-state index in [1.54, 1.807) is 13.0 Å². The molecule has 6 nitrogen and oxygen atoms in total. The highest BCUT2D eigenvalue weighted by Crippen LogP contribution is 2.63. The molecule has 6 unspecified atom stereocenters. The summed E-state index contributed by atoms with van der Waals surface area (Å²) in [6, 6.07) is 0. The third-order valence-corrected chi connectivity index (χ3v) is 7.62. The molecule has 2 aliphatic carbocycles. The number of methoxy groups -OCH3 is 1. The van der Waals surface area contributed by atoms with Crippen molar-refractivity contribution in [3.8, 4) is 0 Å². The summed E-state index contributed by atoms with van der Waals surface area (Å²) in [5, 5.41) is 22.6. The highest BCUT2D eigenvalue weighted by molar-refractivity contribution is 5.91. The van der Waals surface area contributed by atoms with Crippen molar-refractivity contribution in [2.24, 2.45) is 22.7 Å². The molecule has 0 aromatic heterocycles. The van der Waals surface area contributed by atoms with Gasteiger partial charge in [-0.05, 0) is 37.2 Å². The van der Waals surface area contributed by atoms with E-state index in [0.717, 1.165) is 19.3 Å². The van der Waals surface area contributed by atoms with Crippen molar-refractivity contribution in [1.82, 2.24) is 0 Å². The second-order valence-electron chi connectivity index (χ2n) is 9.43. The van der Waals surface area contributed by atoms with E-state index in [9.17, 15) is 19.8 Å². The molecule has 0 aromatic carbocycles. The van der Waals surface area contributed by atoms with E-state index in [1.807, 2.05) is 6.92 Å². The standard InChI is InChI=1S/C21H32O6/c1-12-15(22)16(23)17-19(2,3)8-6-9-20(17,4)21(12,25)10-7-13-11-14(26-5)27-18(13)24/h11-12,14,16-17,23,25H,6-10H2,1-5H3. The average molecular weight is 380 g/mol. The van der Waals surface area contributed by atoms with Crippen LogP contribution in [0.5, 0.6) is 0 Å². The molecular formula is C21H32O6. The lowest BCUT2D eigenvalue weighted by molar-refractivity contribution is -0.233. The lowest BCUT2D eigenvalue weighted by atomic mass is 9.43. The second-order valence-corrected chi connectivity index (χ2v) is 9.43. The Hall–Kier alpha value is -1.24. The number of ketones is 1. The maximum atomic E-state index is 12.8. The van der Waals surface area contributed by atoms with Gasteiger partial charge in [0, 0.05) is 29.9 Å². The van der Waals surface area contributed by atoms with Crippen LogP contribution in [0, 0.1) is 22.7 Å². The number of rotatable bonds is 4. The minimum atomic E-state index is -1.29. The van der Waals surface area contributed by atoms with E-state index >= 15 is 0 Å². The number of esters is 1. The smallest absolute Gasteiger partial charge is 0.336 e. The zero-order valence-corrected chi connectivity index (χ0v) is 16.9. The summed E-state index contributed by atoms with van der Waals surface area (Å²) < 4.78 is 10.1. The highest BCUT2D eigenvalue weighted by atomic mass is 16.7. The van der Waals surface area contributed by atoms with Crippen LogP contribution in [0.2, 0.25) is 0 Å². The maximum absolute atomic E-state index is 12.8. The lowest BCUT2D eigenvalue weighted by Crippen LogP contribution is -2.69. The van der Waals surface area contributed by atoms with Gasteiger partial charge in [0.05, 0.1) is 5.60 Å². The third-order valence-electron chi connectivity index (χ3n) is 7.62. The van der Waals surface area contributed by atoms with Crippen molar-refractivity contribution in [3.63, 3.8) is 0 Å². The molecular weight excluding hydrogens is 348 g/mol. The number of aliphatic hydroxyl groups excluding tert-OH is 1. The molecule has 0 saturated heterocycles. The molecule has 3 rings (SSSR count). The number of carbonyl (C=O) groups excluding carboxylic acids is 2. The molecule has 0 bridgehead atoms. The fourth-order valence-electron chi connectivity index (χ4n) is 6.07. The molecule has 27 heavy (non-hydrogen) atoms. The normalized spacial score (nSPS) is 43.9. The zero-order chi connectivity index (χ0) is 20.2. The van der Waals surface area contributed by atoms with Gasteiger partial charge in [-0.1, -0.05) is 34.1 Å². The Balaban J connectivity index is 1.93. The van der Waals surface area contributed by atoms with E-state index in [4.69, 9.17) is 9.47 Å². The number of cyclic esters (lactones) is 1. The Bertz CT molecular complexity index is 668. The van der Waals surface area contributed by atoms with Crippen molar-refractivity contribution in [1.29, 1.82) is 0 Å². The predicted octanol–water partition coefficient (Wildman–Crippen LogP) is 2.37. The van der Waals surface area contributed by atoms with Crippen LogP contribution in [0.15, 0.2) is 11.6 Å². The van der Waals surface area contributed by atoms with Gasteiger partial charge in [-0.3, -0.25) is 4.79 Å². The van der Waals surface area contributed by atoms with Crippen LogP contribution in [-0.4, -0.2) is 47.1 Å². The minimum absolute atomic E-state index is 0.247. The summed E-state index contributed by atoms with van der Waals surface area (Å²) >= 11 is 0. The summed E-state index contributed by atoms with van der Waals surface area (Å²) in [5.41, 5.74) is -1.68. The quantitative estimate of drug-likeness (QED) is 0.728. The first-order chi connectivity index (χ1) is 12.5. The van der Waals surface area contributed by atoms with Gasteiger partial charge in [-0.15, -0.1) is 0 Å². The van der Waals surface area contributed by atoms with Crippen LogP contribution in [-0.2, 0) is 19.1 Å². The molecule has 2 N–H and O–H groups in total. The molecule has 2 fully saturated rings. The van der Waals surface area contributed by atoms with E-state index in [2.05, 4.69) is 13.8 Å². The maximum Gasteiger partial charge on any atom is 0.336 e. The van der Waals surface area contributed by atoms with Crippen LogP contribution < -0.4 is 0 Å². The summed E-state index contributed by atoms with van der Waals surface area (Å²) in [5.74, 6) is -1.75. The third kappa shape index (κ3) is 2.97. The molecule has 152 valence electrons. The SMILES string of the molecule is COC1C=C(CCC2(O)C(C)C(=O)C(O)C3C(C)(C)CCCC32C)C(=O)O1. The first-order valence-electron chi connectivity index (χ1n) is 9.86. The first-order valence-corrected chi connectivity index (χ1v) is 9.86. The first kappa shape index (κ1) is 20.5. The van der Waals surface area contributed by atoms with Gasteiger partial charge >= 0.3 is 5.97 Å². The van der Waals surface area contributed by atoms with Crippen LogP contribution in [0.25, 0.3) is 0 Å². The van der Waals surface area contributed by atoms with Gasteiger partial charge in [0.25, 0.3) is 0 Å². The van der Waals surface area contributed by atoms with Crippen LogP contribution in [0.1, 0.15) is 59.8 Å². The van der Waals surface area contributed by atoms with Crippen LogP contribution in [0.3, 0.4) is 0 Å². The second kappa shape index (κ2) is 6.68. The molecule has 6 heteroatoms. The molecule has 3 aliphatic rings. The summed E-state index contributed by atoms with van der Waals surface area (Å²) in [4.78, 5) is 24.9. The molecule has 2 saturated carbocycles. The van der Waals surface area contributed by atoms with Gasteiger partial charge in [-0.2, -0.15) is 0 Å². The van der Waals surface area contributed by atoms with Gasteiger partial charge in [0.1, 0.15) is 6.10 Å². The molecule has 0 spiro atoms. The number of carbonyl (C=O) groups is 2. The topological polar surface area (TPSA) is 93.1 Å². The fraction of sp³-hybridized carbons (Fsp3) is 0.810. The number of hydrogen-bond acceptors (Lipinski definition) is 6. The Kier molecular flexibility index (Phi) is 5.07. The Labute approximate surface area is 160 Å². The van der Waals surface area contributed by atoms with E-state index in [1.165, 1.54) is 7.11 Å². The van der Waals surface area contributed by atoms with Gasteiger partial charge in [-0.25, -0.2) is 4.79 Å². The molecule has 1 heterocycles. The number of aliphatic hydroxyl groups is 2. The molecule has 0 radical (unpaired) electrons. The predicted molar refractivity (Wildman–Crippen MR) is 98.6 cm³/mol. The monoisotopic (exact) mass is 380 g/mol. The lowest BCUT2D eigenvalue weighted by Gasteiger charge is -2.63. The number of ether oxygens (including phenoxy) is 2. The minimum Gasteiger partial charge on any atom is -0.429 e. The number of fused-ring (bicyclic) bond motifs is 1.